The Morgan fingerprint density at radius 1 is 1.35 bits per heavy atom. The van der Waals surface area contributed by atoms with Gasteiger partial charge in [0.1, 0.15) is 0 Å². The fourth-order valence-corrected chi connectivity index (χ4v) is 3.01. The Labute approximate surface area is 142 Å². The van der Waals surface area contributed by atoms with E-state index in [0.29, 0.717) is 30.3 Å². The first-order chi connectivity index (χ1) is 10.7. The van der Waals surface area contributed by atoms with Crippen molar-refractivity contribution in [3.05, 3.63) is 28.8 Å². The summed E-state index contributed by atoms with van der Waals surface area (Å²) in [6, 6.07) is 5.24. The third-order valence-electron chi connectivity index (χ3n) is 3.27. The molecule has 0 fully saturated rings. The van der Waals surface area contributed by atoms with Gasteiger partial charge in [0.25, 0.3) is 0 Å². The Morgan fingerprint density at radius 2 is 2.04 bits per heavy atom. The molecular formula is C15H23ClN2O4S. The molecule has 0 unspecified atom stereocenters. The molecule has 0 saturated heterocycles. The van der Waals surface area contributed by atoms with Crippen molar-refractivity contribution in [1.82, 2.24) is 4.31 Å². The van der Waals surface area contributed by atoms with Crippen LogP contribution in [0.25, 0.3) is 0 Å². The van der Waals surface area contributed by atoms with E-state index in [1.165, 1.54) is 4.31 Å². The molecule has 0 saturated carbocycles. The molecule has 0 aliphatic rings. The predicted molar refractivity (Wildman–Crippen MR) is 92.3 cm³/mol. The van der Waals surface area contributed by atoms with Gasteiger partial charge < -0.3 is 10.1 Å². The lowest BCUT2D eigenvalue weighted by atomic mass is 10.2. The van der Waals surface area contributed by atoms with Gasteiger partial charge in [0.15, 0.2) is 0 Å². The Hall–Kier alpha value is -1.15. The quantitative estimate of drug-likeness (QED) is 0.684. The summed E-state index contributed by atoms with van der Waals surface area (Å²) in [7, 11) is -1.79. The van der Waals surface area contributed by atoms with E-state index in [4.69, 9.17) is 16.3 Å². The summed E-state index contributed by atoms with van der Waals surface area (Å²) < 4.78 is 29.6. The predicted octanol–water partition coefficient (Wildman–Crippen LogP) is 2.28. The van der Waals surface area contributed by atoms with Gasteiger partial charge in [-0.1, -0.05) is 17.7 Å². The minimum Gasteiger partial charge on any atom is -0.385 e. The van der Waals surface area contributed by atoms with Crippen molar-refractivity contribution in [2.24, 2.45) is 0 Å². The van der Waals surface area contributed by atoms with Crippen LogP contribution >= 0.6 is 11.6 Å². The highest BCUT2D eigenvalue weighted by Gasteiger charge is 2.17. The van der Waals surface area contributed by atoms with Crippen molar-refractivity contribution in [3.63, 3.8) is 0 Å². The summed E-state index contributed by atoms with van der Waals surface area (Å²) in [5.74, 6) is -0.259. The van der Waals surface area contributed by atoms with Crippen molar-refractivity contribution < 1.29 is 17.9 Å². The van der Waals surface area contributed by atoms with Gasteiger partial charge in [-0.3, -0.25) is 4.79 Å². The van der Waals surface area contributed by atoms with Crippen LogP contribution in [0.2, 0.25) is 5.02 Å². The van der Waals surface area contributed by atoms with E-state index < -0.39 is 10.0 Å². The van der Waals surface area contributed by atoms with Crippen molar-refractivity contribution in [2.75, 3.05) is 38.4 Å². The molecule has 6 nitrogen and oxygen atoms in total. The average molecular weight is 363 g/mol. The lowest BCUT2D eigenvalue weighted by molar-refractivity contribution is -0.116. The second kappa shape index (κ2) is 9.22. The molecule has 1 rings (SSSR count). The van der Waals surface area contributed by atoms with E-state index in [9.17, 15) is 13.2 Å². The largest absolute Gasteiger partial charge is 0.385 e. The number of amides is 1. The summed E-state index contributed by atoms with van der Waals surface area (Å²) in [6.07, 6.45) is 1.79. The minimum absolute atomic E-state index is 0.0749. The fourth-order valence-electron chi connectivity index (χ4n) is 1.95. The third-order valence-corrected chi connectivity index (χ3v) is 4.98. The third kappa shape index (κ3) is 7.30. The van der Waals surface area contributed by atoms with Crippen molar-refractivity contribution in [1.29, 1.82) is 0 Å². The summed E-state index contributed by atoms with van der Waals surface area (Å²) in [4.78, 5) is 12.0. The molecule has 130 valence electrons. The van der Waals surface area contributed by atoms with Gasteiger partial charge in [0.2, 0.25) is 15.9 Å². The summed E-state index contributed by atoms with van der Waals surface area (Å²) >= 11 is 6.00. The van der Waals surface area contributed by atoms with Gasteiger partial charge in [-0.25, -0.2) is 12.7 Å². The highest BCUT2D eigenvalue weighted by Crippen LogP contribution is 2.20. The van der Waals surface area contributed by atoms with Crippen LogP contribution < -0.4 is 5.32 Å². The second-order valence-corrected chi connectivity index (χ2v) is 7.66. The molecule has 0 aromatic heterocycles. The molecule has 1 N–H and O–H groups in total. The molecule has 0 radical (unpaired) electrons. The number of hydrogen-bond acceptors (Lipinski definition) is 4. The Balaban J connectivity index is 2.55. The lowest BCUT2D eigenvalue weighted by Gasteiger charge is -2.19. The molecule has 1 amide bonds. The first-order valence-corrected chi connectivity index (χ1v) is 9.46. The number of anilines is 1. The van der Waals surface area contributed by atoms with Gasteiger partial charge in [0, 0.05) is 43.9 Å². The summed E-state index contributed by atoms with van der Waals surface area (Å²) in [6.45, 7) is 2.81. The maximum atomic E-state index is 12.0. The molecule has 1 aromatic carbocycles. The number of rotatable bonds is 9. The van der Waals surface area contributed by atoms with Crippen molar-refractivity contribution in [3.8, 4) is 0 Å². The molecule has 0 atom stereocenters. The van der Waals surface area contributed by atoms with Crippen LogP contribution in [0.4, 0.5) is 5.69 Å². The van der Waals surface area contributed by atoms with Crippen LogP contribution in [0.3, 0.4) is 0 Å². The number of ether oxygens (including phenoxy) is 1. The highest BCUT2D eigenvalue weighted by atomic mass is 35.5. The highest BCUT2D eigenvalue weighted by molar-refractivity contribution is 7.88. The first kappa shape index (κ1) is 19.9. The standard InChI is InChI=1S/C15H23ClN2O4S/c1-12-5-6-13(11-14(12)16)17-15(19)7-9-18(23(3,20)21)8-4-10-22-2/h5-6,11H,4,7-10H2,1-3H3,(H,17,19). The monoisotopic (exact) mass is 362 g/mol. The molecule has 0 spiro atoms. The number of benzene rings is 1. The number of halogens is 1. The summed E-state index contributed by atoms with van der Waals surface area (Å²) in [5.41, 5.74) is 1.52. The van der Waals surface area contributed by atoms with E-state index >= 15 is 0 Å². The maximum Gasteiger partial charge on any atom is 0.225 e. The number of carbonyl (C=O) groups is 1. The zero-order valence-electron chi connectivity index (χ0n) is 13.6. The van der Waals surface area contributed by atoms with Crippen LogP contribution in [0.5, 0.6) is 0 Å². The van der Waals surface area contributed by atoms with Gasteiger partial charge in [0.05, 0.1) is 6.26 Å². The number of hydrogen-bond donors (Lipinski definition) is 1. The van der Waals surface area contributed by atoms with Gasteiger partial charge in [-0.05, 0) is 31.0 Å². The lowest BCUT2D eigenvalue weighted by Crippen LogP contribution is -2.34. The normalized spacial score (nSPS) is 11.7. The number of methoxy groups -OCH3 is 1. The van der Waals surface area contributed by atoms with Crippen LogP contribution in [-0.4, -0.2) is 51.7 Å². The fraction of sp³-hybridized carbons (Fsp3) is 0.533. The van der Waals surface area contributed by atoms with E-state index in [-0.39, 0.29) is 18.9 Å². The zero-order chi connectivity index (χ0) is 17.5. The van der Waals surface area contributed by atoms with Crippen LogP contribution in [0, 0.1) is 6.92 Å². The van der Waals surface area contributed by atoms with E-state index in [0.717, 1.165) is 11.8 Å². The van der Waals surface area contributed by atoms with Gasteiger partial charge in [-0.2, -0.15) is 0 Å². The Morgan fingerprint density at radius 3 is 2.61 bits per heavy atom. The first-order valence-electron chi connectivity index (χ1n) is 7.24. The number of carbonyl (C=O) groups excluding carboxylic acids is 1. The molecule has 0 bridgehead atoms. The SMILES string of the molecule is COCCCN(CCC(=O)Nc1ccc(C)c(Cl)c1)S(C)(=O)=O. The average Bonchev–Trinajstić information content (AvgIpc) is 2.45. The van der Waals surface area contributed by atoms with Gasteiger partial charge >= 0.3 is 0 Å². The zero-order valence-corrected chi connectivity index (χ0v) is 15.2. The van der Waals surface area contributed by atoms with E-state index in [1.54, 1.807) is 19.2 Å². The summed E-state index contributed by atoms with van der Waals surface area (Å²) in [5, 5.41) is 3.28. The van der Waals surface area contributed by atoms with E-state index in [1.807, 2.05) is 13.0 Å². The van der Waals surface area contributed by atoms with Crippen LogP contribution in [-0.2, 0) is 19.6 Å². The number of nitrogens with one attached hydrogen (secondary N) is 1. The maximum absolute atomic E-state index is 12.0. The molecule has 1 aromatic rings. The molecular weight excluding hydrogens is 340 g/mol. The van der Waals surface area contributed by atoms with E-state index in [2.05, 4.69) is 5.32 Å². The topological polar surface area (TPSA) is 75.7 Å². The van der Waals surface area contributed by atoms with Crippen LogP contribution in [0.1, 0.15) is 18.4 Å². The number of nitrogens with zero attached hydrogens (tertiary/aromatic N) is 1. The van der Waals surface area contributed by atoms with Crippen molar-refractivity contribution >= 4 is 33.2 Å². The number of sulfonamides is 1. The minimum atomic E-state index is -3.35. The smallest absolute Gasteiger partial charge is 0.225 e. The molecule has 0 aliphatic carbocycles. The molecule has 8 heteroatoms. The number of aryl methyl sites for hydroxylation is 1. The molecule has 23 heavy (non-hydrogen) atoms. The van der Waals surface area contributed by atoms with Gasteiger partial charge in [-0.15, -0.1) is 0 Å². The Kier molecular flexibility index (Phi) is 7.98. The Bertz CT molecular complexity index is 634. The van der Waals surface area contributed by atoms with Crippen LogP contribution in [0.15, 0.2) is 18.2 Å². The van der Waals surface area contributed by atoms with Crippen molar-refractivity contribution in [2.45, 2.75) is 19.8 Å². The molecule has 0 aliphatic heterocycles. The second-order valence-electron chi connectivity index (χ2n) is 5.27. The molecule has 0 heterocycles.